The number of hydrogen-bond acceptors (Lipinski definition) is 3. The Morgan fingerprint density at radius 2 is 1.94 bits per heavy atom. The minimum Gasteiger partial charge on any atom is -0.405 e. The van der Waals surface area contributed by atoms with E-state index < -0.39 is 12.4 Å². The minimum atomic E-state index is -4.73. The highest BCUT2D eigenvalue weighted by molar-refractivity contribution is 9.10. The molecule has 104 valence electrons. The van der Waals surface area contributed by atoms with Crippen LogP contribution in [0.5, 0.6) is 5.75 Å². The lowest BCUT2D eigenvalue weighted by Crippen LogP contribution is -2.21. The maximum Gasteiger partial charge on any atom is 0.573 e. The quantitative estimate of drug-likeness (QED) is 0.878. The summed E-state index contributed by atoms with van der Waals surface area (Å²) in [5.41, 5.74) is 11.4. The van der Waals surface area contributed by atoms with Gasteiger partial charge in [-0.1, -0.05) is 15.9 Å². The van der Waals surface area contributed by atoms with Crippen LogP contribution in [0.25, 0.3) is 0 Å². The highest BCUT2D eigenvalue weighted by Gasteiger charge is 2.32. The Morgan fingerprint density at radius 1 is 1.33 bits per heavy atom. The lowest BCUT2D eigenvalue weighted by Gasteiger charge is -2.17. The van der Waals surface area contributed by atoms with Crippen LogP contribution in [-0.2, 0) is 0 Å². The van der Waals surface area contributed by atoms with Gasteiger partial charge in [-0.25, -0.2) is 0 Å². The van der Waals surface area contributed by atoms with Gasteiger partial charge in [0.2, 0.25) is 0 Å². The largest absolute Gasteiger partial charge is 0.573 e. The van der Waals surface area contributed by atoms with Gasteiger partial charge in [0.1, 0.15) is 5.75 Å². The van der Waals surface area contributed by atoms with Gasteiger partial charge in [0.05, 0.1) is 0 Å². The van der Waals surface area contributed by atoms with Crippen LogP contribution >= 0.6 is 28.3 Å². The van der Waals surface area contributed by atoms with E-state index in [1.54, 1.807) is 0 Å². The molecule has 0 radical (unpaired) electrons. The molecule has 1 aromatic rings. The van der Waals surface area contributed by atoms with Crippen LogP contribution in [-0.4, -0.2) is 12.9 Å². The summed E-state index contributed by atoms with van der Waals surface area (Å²) < 4.78 is 41.1. The Labute approximate surface area is 117 Å². The summed E-state index contributed by atoms with van der Waals surface area (Å²) in [4.78, 5) is 0. The SMILES string of the molecule is Cl.NCC[C@H](N)c1cc(Br)ccc1OC(F)(F)F. The molecule has 0 aliphatic carbocycles. The molecule has 0 fully saturated rings. The molecular formula is C10H13BrClF3N2O. The average molecular weight is 350 g/mol. The first-order valence-corrected chi connectivity index (χ1v) is 5.63. The molecule has 0 heterocycles. The number of halogens is 5. The third-order valence-corrected chi connectivity index (χ3v) is 2.57. The minimum absolute atomic E-state index is 0. The summed E-state index contributed by atoms with van der Waals surface area (Å²) >= 11 is 3.17. The van der Waals surface area contributed by atoms with Crippen LogP contribution in [0.15, 0.2) is 22.7 Å². The smallest absolute Gasteiger partial charge is 0.405 e. The van der Waals surface area contributed by atoms with E-state index in [4.69, 9.17) is 11.5 Å². The van der Waals surface area contributed by atoms with E-state index in [2.05, 4.69) is 20.7 Å². The highest BCUT2D eigenvalue weighted by atomic mass is 79.9. The fourth-order valence-corrected chi connectivity index (χ4v) is 1.74. The monoisotopic (exact) mass is 348 g/mol. The van der Waals surface area contributed by atoms with Crippen molar-refractivity contribution in [3.05, 3.63) is 28.2 Å². The van der Waals surface area contributed by atoms with E-state index >= 15 is 0 Å². The molecule has 1 atom stereocenters. The van der Waals surface area contributed by atoms with Crippen molar-refractivity contribution in [2.75, 3.05) is 6.54 Å². The van der Waals surface area contributed by atoms with Gasteiger partial charge in [0, 0.05) is 16.1 Å². The van der Waals surface area contributed by atoms with Gasteiger partial charge < -0.3 is 16.2 Å². The molecule has 8 heteroatoms. The number of ether oxygens (including phenoxy) is 1. The molecule has 0 aliphatic heterocycles. The van der Waals surface area contributed by atoms with Crippen molar-refractivity contribution >= 4 is 28.3 Å². The van der Waals surface area contributed by atoms with Gasteiger partial charge in [0.15, 0.2) is 0 Å². The highest BCUT2D eigenvalue weighted by Crippen LogP contribution is 2.32. The second kappa shape index (κ2) is 7.18. The number of alkyl halides is 3. The van der Waals surface area contributed by atoms with Crippen LogP contribution in [0.3, 0.4) is 0 Å². The predicted molar refractivity (Wildman–Crippen MR) is 68.7 cm³/mol. The zero-order chi connectivity index (χ0) is 13.1. The van der Waals surface area contributed by atoms with Gasteiger partial charge in [-0.3, -0.25) is 0 Å². The molecule has 0 aliphatic rings. The summed E-state index contributed by atoms with van der Waals surface area (Å²) in [6.07, 6.45) is -4.35. The van der Waals surface area contributed by atoms with Crippen molar-refractivity contribution < 1.29 is 17.9 Å². The van der Waals surface area contributed by atoms with Gasteiger partial charge in [0.25, 0.3) is 0 Å². The first-order valence-electron chi connectivity index (χ1n) is 4.84. The molecule has 18 heavy (non-hydrogen) atoms. The third-order valence-electron chi connectivity index (χ3n) is 2.07. The summed E-state index contributed by atoms with van der Waals surface area (Å²) in [5, 5.41) is 0. The molecule has 0 spiro atoms. The molecule has 0 saturated carbocycles. The molecule has 0 bridgehead atoms. The van der Waals surface area contributed by atoms with Gasteiger partial charge in [-0.2, -0.15) is 0 Å². The Hall–Kier alpha value is -0.500. The maximum atomic E-state index is 12.2. The van der Waals surface area contributed by atoms with Crippen LogP contribution < -0.4 is 16.2 Å². The molecule has 3 nitrogen and oxygen atoms in total. The van der Waals surface area contributed by atoms with Crippen molar-refractivity contribution in [3.63, 3.8) is 0 Å². The van der Waals surface area contributed by atoms with Gasteiger partial charge in [-0.15, -0.1) is 25.6 Å². The lowest BCUT2D eigenvalue weighted by molar-refractivity contribution is -0.275. The number of benzene rings is 1. The van der Waals surface area contributed by atoms with E-state index in [-0.39, 0.29) is 23.7 Å². The van der Waals surface area contributed by atoms with Gasteiger partial charge >= 0.3 is 6.36 Å². The molecule has 0 amide bonds. The lowest BCUT2D eigenvalue weighted by atomic mass is 10.0. The first kappa shape index (κ1) is 17.5. The second-order valence-electron chi connectivity index (χ2n) is 3.41. The van der Waals surface area contributed by atoms with Gasteiger partial charge in [-0.05, 0) is 31.2 Å². The third kappa shape index (κ3) is 5.43. The van der Waals surface area contributed by atoms with E-state index in [9.17, 15) is 13.2 Å². The fourth-order valence-electron chi connectivity index (χ4n) is 1.36. The van der Waals surface area contributed by atoms with E-state index in [0.29, 0.717) is 17.4 Å². The topological polar surface area (TPSA) is 61.3 Å². The van der Waals surface area contributed by atoms with Crippen LogP contribution in [0.1, 0.15) is 18.0 Å². The second-order valence-corrected chi connectivity index (χ2v) is 4.33. The number of hydrogen-bond donors (Lipinski definition) is 2. The number of rotatable bonds is 4. The zero-order valence-electron chi connectivity index (χ0n) is 9.21. The first-order chi connectivity index (χ1) is 7.83. The average Bonchev–Trinajstić information content (AvgIpc) is 2.19. The molecule has 1 rings (SSSR count). The normalized spacial score (nSPS) is 12.8. The summed E-state index contributed by atoms with van der Waals surface area (Å²) in [5.74, 6) is -0.290. The maximum absolute atomic E-state index is 12.2. The summed E-state index contributed by atoms with van der Waals surface area (Å²) in [7, 11) is 0. The predicted octanol–water partition coefficient (Wildman–Crippen LogP) is 3.12. The van der Waals surface area contributed by atoms with Crippen molar-refractivity contribution in [1.29, 1.82) is 0 Å². The molecule has 0 unspecified atom stereocenters. The fraction of sp³-hybridized carbons (Fsp3) is 0.400. The van der Waals surface area contributed by atoms with Crippen LogP contribution in [0.2, 0.25) is 0 Å². The zero-order valence-corrected chi connectivity index (χ0v) is 11.6. The number of nitrogens with two attached hydrogens (primary N) is 2. The van der Waals surface area contributed by atoms with E-state index in [0.717, 1.165) is 0 Å². The van der Waals surface area contributed by atoms with Crippen molar-refractivity contribution in [1.82, 2.24) is 0 Å². The summed E-state index contributed by atoms with van der Waals surface area (Å²) in [6.45, 7) is 0.291. The molecule has 0 aromatic heterocycles. The van der Waals surface area contributed by atoms with Crippen molar-refractivity contribution in [2.45, 2.75) is 18.8 Å². The molecule has 4 N–H and O–H groups in total. The van der Waals surface area contributed by atoms with Crippen LogP contribution in [0, 0.1) is 0 Å². The summed E-state index contributed by atoms with van der Waals surface area (Å²) in [6, 6.07) is 3.60. The Kier molecular flexibility index (Phi) is 6.98. The molecule has 0 saturated heterocycles. The molecule has 1 aromatic carbocycles. The Balaban J connectivity index is 0.00000289. The Bertz CT molecular complexity index is 390. The van der Waals surface area contributed by atoms with Crippen molar-refractivity contribution in [2.24, 2.45) is 11.5 Å². The Morgan fingerprint density at radius 3 is 2.44 bits per heavy atom. The van der Waals surface area contributed by atoms with Crippen LogP contribution in [0.4, 0.5) is 13.2 Å². The van der Waals surface area contributed by atoms with E-state index in [1.165, 1.54) is 18.2 Å². The van der Waals surface area contributed by atoms with Crippen molar-refractivity contribution in [3.8, 4) is 5.75 Å². The molecular weight excluding hydrogens is 336 g/mol. The van der Waals surface area contributed by atoms with E-state index in [1.807, 2.05) is 0 Å². The standard InChI is InChI=1S/C10H12BrF3N2O.ClH/c11-6-1-2-9(17-10(12,13)14)7(5-6)8(16)3-4-15;/h1-2,5,8H,3-4,15-16H2;1H/t8-;/m0./s1.